The minimum atomic E-state index is -0.491. The third-order valence-corrected chi connectivity index (χ3v) is 4.10. The minimum Gasteiger partial charge on any atom is -0.444 e. The summed E-state index contributed by atoms with van der Waals surface area (Å²) in [6.45, 7) is 9.94. The summed E-state index contributed by atoms with van der Waals surface area (Å²) in [6, 6.07) is -0.0414. The zero-order chi connectivity index (χ0) is 16.9. The van der Waals surface area contributed by atoms with Crippen LogP contribution in [0.5, 0.6) is 0 Å². The Hall–Kier alpha value is -1.50. The number of piperazine rings is 1. The molecule has 0 atom stereocenters. The monoisotopic (exact) mass is 327 g/mol. The molecule has 0 bridgehead atoms. The highest BCUT2D eigenvalue weighted by Crippen LogP contribution is 2.14. The first-order chi connectivity index (χ1) is 10.8. The van der Waals surface area contributed by atoms with Gasteiger partial charge in [0.15, 0.2) is 0 Å². The van der Waals surface area contributed by atoms with Gasteiger partial charge in [-0.2, -0.15) is 0 Å². The predicted octanol–water partition coefficient (Wildman–Crippen LogP) is 1.68. The Kier molecular flexibility index (Phi) is 6.10. The Labute approximate surface area is 138 Å². The van der Waals surface area contributed by atoms with Gasteiger partial charge in [0, 0.05) is 45.9 Å². The number of nitrogens with zero attached hydrogens (tertiary/aromatic N) is 2. The topological polar surface area (TPSA) is 71.1 Å². The number of hydrogen-bond acceptors (Lipinski definition) is 4. The van der Waals surface area contributed by atoms with E-state index in [0.29, 0.717) is 38.6 Å². The molecule has 2 aliphatic rings. The van der Waals surface area contributed by atoms with Crippen LogP contribution in [0.3, 0.4) is 0 Å². The molecule has 0 aromatic heterocycles. The maximum atomic E-state index is 12.2. The molecule has 2 rings (SSSR count). The van der Waals surface area contributed by atoms with Crippen LogP contribution in [0.2, 0.25) is 0 Å². The number of nitrogens with one attached hydrogen (secondary N) is 1. The van der Waals surface area contributed by atoms with Crippen LogP contribution in [0.1, 0.15) is 33.6 Å². The van der Waals surface area contributed by atoms with E-state index in [1.165, 1.54) is 0 Å². The first-order valence-electron chi connectivity index (χ1n) is 8.43. The van der Waals surface area contributed by atoms with Gasteiger partial charge in [-0.1, -0.05) is 0 Å². The van der Waals surface area contributed by atoms with Crippen molar-refractivity contribution in [3.05, 3.63) is 0 Å². The Morgan fingerprint density at radius 3 is 2.22 bits per heavy atom. The van der Waals surface area contributed by atoms with Gasteiger partial charge in [-0.15, -0.1) is 0 Å². The predicted molar refractivity (Wildman–Crippen MR) is 86.3 cm³/mol. The van der Waals surface area contributed by atoms with Gasteiger partial charge in [-0.3, -0.25) is 0 Å². The number of carbonyl (C=O) groups is 2. The molecule has 2 saturated heterocycles. The van der Waals surface area contributed by atoms with Crippen LogP contribution in [0.4, 0.5) is 9.59 Å². The minimum absolute atomic E-state index is 0.0414. The molecule has 0 aliphatic carbocycles. The average molecular weight is 327 g/mol. The summed E-state index contributed by atoms with van der Waals surface area (Å²) in [4.78, 5) is 27.6. The highest BCUT2D eigenvalue weighted by Gasteiger charge is 2.27. The van der Waals surface area contributed by atoms with Crippen LogP contribution in [0.15, 0.2) is 0 Å². The molecule has 2 fully saturated rings. The number of urea groups is 1. The van der Waals surface area contributed by atoms with E-state index in [4.69, 9.17) is 9.47 Å². The molecule has 0 aromatic rings. The second-order valence-corrected chi connectivity index (χ2v) is 7.20. The second kappa shape index (κ2) is 7.86. The Balaban J connectivity index is 1.69. The average Bonchev–Trinajstić information content (AvgIpc) is 2.52. The van der Waals surface area contributed by atoms with Crippen LogP contribution in [-0.4, -0.2) is 73.5 Å². The number of rotatable bonds is 2. The van der Waals surface area contributed by atoms with Crippen molar-refractivity contribution in [2.24, 2.45) is 5.92 Å². The molecule has 2 aliphatic heterocycles. The third kappa shape index (κ3) is 5.89. The van der Waals surface area contributed by atoms with Gasteiger partial charge in [0.1, 0.15) is 5.60 Å². The zero-order valence-corrected chi connectivity index (χ0v) is 14.5. The molecule has 0 unspecified atom stereocenters. The summed E-state index contributed by atoms with van der Waals surface area (Å²) in [5.74, 6) is 0.510. The molecule has 0 aromatic carbocycles. The van der Waals surface area contributed by atoms with E-state index in [0.717, 1.165) is 26.1 Å². The van der Waals surface area contributed by atoms with Crippen molar-refractivity contribution in [2.75, 3.05) is 45.9 Å². The Bertz CT molecular complexity index is 408. The van der Waals surface area contributed by atoms with Crippen LogP contribution in [0.25, 0.3) is 0 Å². The van der Waals surface area contributed by atoms with E-state index in [9.17, 15) is 9.59 Å². The van der Waals surface area contributed by atoms with E-state index in [2.05, 4.69) is 5.32 Å². The molecule has 7 nitrogen and oxygen atoms in total. The quantitative estimate of drug-likeness (QED) is 0.837. The lowest BCUT2D eigenvalue weighted by Crippen LogP contribution is -2.54. The van der Waals surface area contributed by atoms with E-state index in [-0.39, 0.29) is 12.1 Å². The van der Waals surface area contributed by atoms with Gasteiger partial charge >= 0.3 is 12.1 Å². The van der Waals surface area contributed by atoms with E-state index in [1.54, 1.807) is 9.80 Å². The van der Waals surface area contributed by atoms with Crippen molar-refractivity contribution in [1.82, 2.24) is 15.1 Å². The molecular formula is C16H29N3O4. The zero-order valence-electron chi connectivity index (χ0n) is 14.5. The molecular weight excluding hydrogens is 298 g/mol. The summed E-state index contributed by atoms with van der Waals surface area (Å²) >= 11 is 0. The molecule has 7 heteroatoms. The molecule has 0 spiro atoms. The first kappa shape index (κ1) is 17.8. The first-order valence-corrected chi connectivity index (χ1v) is 8.43. The summed E-state index contributed by atoms with van der Waals surface area (Å²) in [7, 11) is 0. The number of carbonyl (C=O) groups excluding carboxylic acids is 2. The van der Waals surface area contributed by atoms with E-state index >= 15 is 0 Å². The van der Waals surface area contributed by atoms with Crippen molar-refractivity contribution in [3.8, 4) is 0 Å². The number of ether oxygens (including phenoxy) is 2. The summed E-state index contributed by atoms with van der Waals surface area (Å²) in [6.07, 6.45) is 1.71. The highest BCUT2D eigenvalue weighted by molar-refractivity contribution is 5.75. The normalized spacial score (nSPS) is 20.3. The van der Waals surface area contributed by atoms with Crippen LogP contribution in [-0.2, 0) is 9.47 Å². The largest absolute Gasteiger partial charge is 0.444 e. The number of amides is 3. The van der Waals surface area contributed by atoms with Crippen molar-refractivity contribution in [3.63, 3.8) is 0 Å². The molecule has 132 valence electrons. The standard InChI is InChI=1S/C16H29N3O4/c1-16(2,3)23-15(21)19-8-6-18(7-9-19)14(20)17-12-13-4-10-22-11-5-13/h13H,4-12H2,1-3H3,(H,17,20). The fraction of sp³-hybridized carbons (Fsp3) is 0.875. The van der Waals surface area contributed by atoms with Crippen LogP contribution >= 0.6 is 0 Å². The third-order valence-electron chi connectivity index (χ3n) is 4.10. The highest BCUT2D eigenvalue weighted by atomic mass is 16.6. The molecule has 0 radical (unpaired) electrons. The second-order valence-electron chi connectivity index (χ2n) is 7.20. The molecule has 0 saturated carbocycles. The summed E-state index contributed by atoms with van der Waals surface area (Å²) < 4.78 is 10.7. The van der Waals surface area contributed by atoms with Gasteiger partial charge in [0.2, 0.25) is 0 Å². The Morgan fingerprint density at radius 1 is 1.09 bits per heavy atom. The fourth-order valence-electron chi connectivity index (χ4n) is 2.71. The fourth-order valence-corrected chi connectivity index (χ4v) is 2.71. The maximum Gasteiger partial charge on any atom is 0.410 e. The van der Waals surface area contributed by atoms with Gasteiger partial charge in [-0.05, 0) is 39.5 Å². The molecule has 3 amide bonds. The van der Waals surface area contributed by atoms with Crippen molar-refractivity contribution in [1.29, 1.82) is 0 Å². The number of hydrogen-bond donors (Lipinski definition) is 1. The molecule has 1 N–H and O–H groups in total. The van der Waals surface area contributed by atoms with Crippen molar-refractivity contribution in [2.45, 2.75) is 39.2 Å². The van der Waals surface area contributed by atoms with Crippen molar-refractivity contribution < 1.29 is 19.1 Å². The van der Waals surface area contributed by atoms with Gasteiger partial charge < -0.3 is 24.6 Å². The smallest absolute Gasteiger partial charge is 0.410 e. The SMILES string of the molecule is CC(C)(C)OC(=O)N1CCN(C(=O)NCC2CCOCC2)CC1. The Morgan fingerprint density at radius 2 is 1.65 bits per heavy atom. The van der Waals surface area contributed by atoms with E-state index < -0.39 is 5.60 Å². The molecule has 23 heavy (non-hydrogen) atoms. The van der Waals surface area contributed by atoms with Crippen molar-refractivity contribution >= 4 is 12.1 Å². The summed E-state index contributed by atoms with van der Waals surface area (Å²) in [5, 5.41) is 3.00. The van der Waals surface area contributed by atoms with Gasteiger partial charge in [-0.25, -0.2) is 9.59 Å². The molecule has 2 heterocycles. The van der Waals surface area contributed by atoms with E-state index in [1.807, 2.05) is 20.8 Å². The van der Waals surface area contributed by atoms with Gasteiger partial charge in [0.25, 0.3) is 0 Å². The van der Waals surface area contributed by atoms with Crippen LogP contribution < -0.4 is 5.32 Å². The maximum absolute atomic E-state index is 12.2. The lowest BCUT2D eigenvalue weighted by atomic mass is 10.0. The lowest BCUT2D eigenvalue weighted by molar-refractivity contribution is 0.0169. The van der Waals surface area contributed by atoms with Gasteiger partial charge in [0.05, 0.1) is 0 Å². The lowest BCUT2D eigenvalue weighted by Gasteiger charge is -2.35. The van der Waals surface area contributed by atoms with Crippen LogP contribution in [0, 0.1) is 5.92 Å². The summed E-state index contributed by atoms with van der Waals surface area (Å²) in [5.41, 5.74) is -0.491.